The highest BCUT2D eigenvalue weighted by Crippen LogP contribution is 2.11. The summed E-state index contributed by atoms with van der Waals surface area (Å²) in [5.41, 5.74) is 1.83. The number of carbonyl (C=O) groups excluding carboxylic acids is 2. The smallest absolute Gasteiger partial charge is 0.251 e. The number of methoxy groups -OCH3 is 1. The molecule has 6 heteroatoms. The number of benzene rings is 2. The zero-order chi connectivity index (χ0) is 20.5. The zero-order valence-corrected chi connectivity index (χ0v) is 17.0. The lowest BCUT2D eigenvalue weighted by molar-refractivity contribution is -0.132. The van der Waals surface area contributed by atoms with Crippen LogP contribution in [-0.4, -0.2) is 68.0 Å². The number of hydrogen-bond donors (Lipinski definition) is 1. The van der Waals surface area contributed by atoms with Gasteiger partial charge in [-0.3, -0.25) is 14.5 Å². The minimum absolute atomic E-state index is 0.0811. The molecule has 0 aliphatic carbocycles. The van der Waals surface area contributed by atoms with Crippen molar-refractivity contribution in [2.24, 2.45) is 0 Å². The maximum Gasteiger partial charge on any atom is 0.251 e. The van der Waals surface area contributed by atoms with Gasteiger partial charge in [0.2, 0.25) is 5.91 Å². The predicted octanol–water partition coefficient (Wildman–Crippen LogP) is 2.20. The largest absolute Gasteiger partial charge is 0.497 e. The summed E-state index contributed by atoms with van der Waals surface area (Å²) in [5.74, 6) is 0.876. The van der Waals surface area contributed by atoms with E-state index in [1.54, 1.807) is 31.4 Å². The maximum absolute atomic E-state index is 12.4. The highest BCUT2D eigenvalue weighted by Gasteiger charge is 2.20. The van der Waals surface area contributed by atoms with Crippen molar-refractivity contribution in [2.45, 2.75) is 12.8 Å². The van der Waals surface area contributed by atoms with E-state index in [0.717, 1.165) is 44.9 Å². The first kappa shape index (κ1) is 20.9. The van der Waals surface area contributed by atoms with Crippen LogP contribution in [0.4, 0.5) is 0 Å². The summed E-state index contributed by atoms with van der Waals surface area (Å²) >= 11 is 0. The van der Waals surface area contributed by atoms with Crippen LogP contribution in [0.25, 0.3) is 0 Å². The molecule has 0 saturated carbocycles. The Hall–Kier alpha value is -2.86. The van der Waals surface area contributed by atoms with Gasteiger partial charge in [0.25, 0.3) is 5.91 Å². The van der Waals surface area contributed by atoms with E-state index in [0.29, 0.717) is 18.5 Å². The Labute approximate surface area is 172 Å². The Kier molecular flexibility index (Phi) is 7.64. The molecule has 6 nitrogen and oxygen atoms in total. The monoisotopic (exact) mass is 395 g/mol. The first-order valence-corrected chi connectivity index (χ1v) is 10.1. The second-order valence-electron chi connectivity index (χ2n) is 7.19. The number of aryl methyl sites for hydroxylation is 1. The normalized spacial score (nSPS) is 14.4. The van der Waals surface area contributed by atoms with Gasteiger partial charge >= 0.3 is 0 Å². The van der Waals surface area contributed by atoms with E-state index in [4.69, 9.17) is 4.74 Å². The van der Waals surface area contributed by atoms with Crippen molar-refractivity contribution < 1.29 is 14.3 Å². The molecule has 1 saturated heterocycles. The fourth-order valence-electron chi connectivity index (χ4n) is 3.45. The molecule has 3 rings (SSSR count). The molecule has 0 spiro atoms. The lowest BCUT2D eigenvalue weighted by Gasteiger charge is -2.34. The van der Waals surface area contributed by atoms with Crippen molar-refractivity contribution in [3.05, 3.63) is 65.7 Å². The molecule has 2 amide bonds. The van der Waals surface area contributed by atoms with Crippen LogP contribution in [0.5, 0.6) is 5.75 Å². The van der Waals surface area contributed by atoms with E-state index in [2.05, 4.69) is 22.3 Å². The summed E-state index contributed by atoms with van der Waals surface area (Å²) in [5, 5.41) is 2.95. The van der Waals surface area contributed by atoms with Crippen LogP contribution in [0.1, 0.15) is 22.3 Å². The van der Waals surface area contributed by atoms with Crippen molar-refractivity contribution in [2.75, 3.05) is 46.4 Å². The number of hydrogen-bond acceptors (Lipinski definition) is 4. The number of carbonyl (C=O) groups is 2. The number of ether oxygens (including phenoxy) is 1. The number of nitrogens with one attached hydrogen (secondary N) is 1. The number of rotatable bonds is 8. The quantitative estimate of drug-likeness (QED) is 0.744. The minimum Gasteiger partial charge on any atom is -0.497 e. The molecular weight excluding hydrogens is 366 g/mol. The van der Waals surface area contributed by atoms with Crippen LogP contribution in [0.15, 0.2) is 54.6 Å². The van der Waals surface area contributed by atoms with Gasteiger partial charge in [-0.25, -0.2) is 0 Å². The summed E-state index contributed by atoms with van der Waals surface area (Å²) in [6, 6.07) is 17.2. The molecular formula is C23H29N3O3. The Morgan fingerprint density at radius 1 is 0.966 bits per heavy atom. The van der Waals surface area contributed by atoms with E-state index >= 15 is 0 Å². The number of piperazine rings is 1. The molecule has 1 N–H and O–H groups in total. The SMILES string of the molecule is COc1ccc(C(=O)NCCN2CCN(C(=O)CCc3ccccc3)CC2)cc1. The topological polar surface area (TPSA) is 61.9 Å². The summed E-state index contributed by atoms with van der Waals surface area (Å²) < 4.78 is 5.11. The molecule has 1 fully saturated rings. The molecule has 0 aromatic heterocycles. The van der Waals surface area contributed by atoms with Crippen LogP contribution >= 0.6 is 0 Å². The lowest BCUT2D eigenvalue weighted by atomic mass is 10.1. The van der Waals surface area contributed by atoms with Crippen molar-refractivity contribution in [3.8, 4) is 5.75 Å². The van der Waals surface area contributed by atoms with Gasteiger partial charge in [-0.1, -0.05) is 30.3 Å². The standard InChI is InChI=1S/C23H29N3O3/c1-29-21-10-8-20(9-11-21)23(28)24-13-14-25-15-17-26(18-16-25)22(27)12-7-19-5-3-2-4-6-19/h2-6,8-11H,7,12-18H2,1H3,(H,24,28). The molecule has 1 heterocycles. The zero-order valence-electron chi connectivity index (χ0n) is 17.0. The van der Waals surface area contributed by atoms with Gasteiger partial charge in [0.05, 0.1) is 7.11 Å². The molecule has 29 heavy (non-hydrogen) atoms. The van der Waals surface area contributed by atoms with Crippen molar-refractivity contribution in [1.29, 1.82) is 0 Å². The van der Waals surface area contributed by atoms with Gasteiger partial charge in [0.1, 0.15) is 5.75 Å². The summed E-state index contributed by atoms with van der Waals surface area (Å²) in [6.07, 6.45) is 1.35. The molecule has 1 aliphatic rings. The van der Waals surface area contributed by atoms with Crippen LogP contribution in [0.2, 0.25) is 0 Å². The molecule has 2 aromatic carbocycles. The highest BCUT2D eigenvalue weighted by molar-refractivity contribution is 5.94. The number of amides is 2. The fraction of sp³-hybridized carbons (Fsp3) is 0.391. The van der Waals surface area contributed by atoms with E-state index < -0.39 is 0 Å². The third-order valence-electron chi connectivity index (χ3n) is 5.26. The number of nitrogens with zero attached hydrogens (tertiary/aromatic N) is 2. The van der Waals surface area contributed by atoms with Crippen LogP contribution in [0, 0.1) is 0 Å². The Balaban J connectivity index is 1.33. The molecule has 0 atom stereocenters. The minimum atomic E-state index is -0.0811. The third-order valence-corrected chi connectivity index (χ3v) is 5.26. The highest BCUT2D eigenvalue weighted by atomic mass is 16.5. The fourth-order valence-corrected chi connectivity index (χ4v) is 3.45. The van der Waals surface area contributed by atoms with E-state index in [-0.39, 0.29) is 11.8 Å². The summed E-state index contributed by atoms with van der Waals surface area (Å²) in [7, 11) is 1.60. The molecule has 0 bridgehead atoms. The molecule has 0 radical (unpaired) electrons. The van der Waals surface area contributed by atoms with Crippen LogP contribution in [0.3, 0.4) is 0 Å². The molecule has 154 valence electrons. The van der Waals surface area contributed by atoms with E-state index in [9.17, 15) is 9.59 Å². The van der Waals surface area contributed by atoms with Gasteiger partial charge in [-0.05, 0) is 36.2 Å². The van der Waals surface area contributed by atoms with E-state index in [1.807, 2.05) is 23.1 Å². The Morgan fingerprint density at radius 2 is 1.66 bits per heavy atom. The van der Waals surface area contributed by atoms with Crippen LogP contribution in [-0.2, 0) is 11.2 Å². The van der Waals surface area contributed by atoms with Crippen molar-refractivity contribution in [3.63, 3.8) is 0 Å². The summed E-state index contributed by atoms with van der Waals surface area (Å²) in [4.78, 5) is 28.9. The first-order chi connectivity index (χ1) is 14.2. The van der Waals surface area contributed by atoms with Gasteiger partial charge in [0, 0.05) is 51.3 Å². The average Bonchev–Trinajstić information content (AvgIpc) is 2.78. The van der Waals surface area contributed by atoms with Crippen molar-refractivity contribution >= 4 is 11.8 Å². The first-order valence-electron chi connectivity index (χ1n) is 10.1. The molecule has 0 unspecified atom stereocenters. The van der Waals surface area contributed by atoms with Gasteiger partial charge < -0.3 is 15.0 Å². The average molecular weight is 396 g/mol. The Morgan fingerprint density at radius 3 is 2.31 bits per heavy atom. The van der Waals surface area contributed by atoms with Gasteiger partial charge in [0.15, 0.2) is 0 Å². The second kappa shape index (κ2) is 10.6. The second-order valence-corrected chi connectivity index (χ2v) is 7.19. The Bertz CT molecular complexity index is 785. The maximum atomic E-state index is 12.4. The van der Waals surface area contributed by atoms with Crippen molar-refractivity contribution in [1.82, 2.24) is 15.1 Å². The third kappa shape index (κ3) is 6.32. The van der Waals surface area contributed by atoms with Gasteiger partial charge in [-0.2, -0.15) is 0 Å². The van der Waals surface area contributed by atoms with E-state index in [1.165, 1.54) is 5.56 Å². The summed E-state index contributed by atoms with van der Waals surface area (Å²) in [6.45, 7) is 4.56. The van der Waals surface area contributed by atoms with Gasteiger partial charge in [-0.15, -0.1) is 0 Å². The molecule has 2 aromatic rings. The molecule has 1 aliphatic heterocycles. The predicted molar refractivity (Wildman–Crippen MR) is 113 cm³/mol. The van der Waals surface area contributed by atoms with Crippen LogP contribution < -0.4 is 10.1 Å². The lowest BCUT2D eigenvalue weighted by Crippen LogP contribution is -2.50.